The number of hydrogen-bond donors (Lipinski definition) is 2. The number of aliphatic carboxylic acids is 1. The zero-order chi connectivity index (χ0) is 14.6. The van der Waals surface area contributed by atoms with E-state index >= 15 is 0 Å². The number of rotatable bonds is 5. The minimum atomic E-state index is -1.14. The van der Waals surface area contributed by atoms with Crippen LogP contribution in [0, 0.1) is 16.0 Å². The van der Waals surface area contributed by atoms with Gasteiger partial charge in [0.2, 0.25) is 0 Å². The van der Waals surface area contributed by atoms with Gasteiger partial charge in [-0.1, -0.05) is 19.9 Å². The first-order valence-electron chi connectivity index (χ1n) is 5.61. The maximum absolute atomic E-state index is 11.8. The van der Waals surface area contributed by atoms with Crippen LogP contribution in [-0.2, 0) is 4.79 Å². The Morgan fingerprint density at radius 3 is 2.40 bits per heavy atom. The number of nitrogens with zero attached hydrogens (tertiary/aromatic N) is 1. The Labute approximate surface area is 137 Å². The monoisotopic (exact) mass is 289 g/mol. The Morgan fingerprint density at radius 2 is 1.95 bits per heavy atom. The number of nitrogens with one attached hydrogen (secondary N) is 1. The molecule has 0 aliphatic heterocycles. The smallest absolute Gasteiger partial charge is 0.480 e. The summed E-state index contributed by atoms with van der Waals surface area (Å²) in [7, 11) is 0. The van der Waals surface area contributed by atoms with Crippen LogP contribution in [0.5, 0.6) is 0 Å². The number of carboxylic acids is 1. The van der Waals surface area contributed by atoms with E-state index in [-0.39, 0.29) is 46.7 Å². The molecule has 1 aromatic carbocycles. The quantitative estimate of drug-likeness (QED) is 0.387. The van der Waals surface area contributed by atoms with Gasteiger partial charge < -0.3 is 10.4 Å². The number of benzene rings is 1. The van der Waals surface area contributed by atoms with Crippen molar-refractivity contribution in [1.82, 2.24) is 5.32 Å². The summed E-state index contributed by atoms with van der Waals surface area (Å²) >= 11 is 0. The molecule has 0 spiro atoms. The first-order valence-corrected chi connectivity index (χ1v) is 5.61. The molecule has 2 N–H and O–H groups in total. The summed E-state index contributed by atoms with van der Waals surface area (Å²) in [6.07, 6.45) is 0. The van der Waals surface area contributed by atoms with Crippen LogP contribution in [0.4, 0.5) is 5.69 Å². The molecule has 0 aliphatic carbocycles. The molecule has 1 unspecified atom stereocenters. The molecule has 20 heavy (non-hydrogen) atoms. The fourth-order valence-corrected chi connectivity index (χ4v) is 1.50. The summed E-state index contributed by atoms with van der Waals surface area (Å²) in [5.74, 6) is -2.08. The molecule has 0 aliphatic rings. The van der Waals surface area contributed by atoms with Gasteiger partial charge in [0, 0.05) is 17.7 Å². The summed E-state index contributed by atoms with van der Waals surface area (Å²) in [6.45, 7) is 3.32. The molecule has 1 aromatic rings. The normalized spacial score (nSPS) is 11.3. The first-order chi connectivity index (χ1) is 8.82. The molecular formula is C12H14N2NaO5+. The minimum Gasteiger partial charge on any atom is -0.480 e. The number of nitro benzene ring substituents is 1. The Hall–Kier alpha value is -1.44. The van der Waals surface area contributed by atoms with Crippen molar-refractivity contribution in [3.8, 4) is 0 Å². The predicted molar refractivity (Wildman–Crippen MR) is 66.8 cm³/mol. The fourth-order valence-electron chi connectivity index (χ4n) is 1.50. The first kappa shape index (κ1) is 18.6. The van der Waals surface area contributed by atoms with E-state index in [1.807, 2.05) is 0 Å². The summed E-state index contributed by atoms with van der Waals surface area (Å²) < 4.78 is 0. The molecule has 7 nitrogen and oxygen atoms in total. The predicted octanol–water partition coefficient (Wildman–Crippen LogP) is -1.56. The molecule has 0 saturated carbocycles. The molecule has 8 heteroatoms. The third kappa shape index (κ3) is 4.92. The Balaban J connectivity index is 0.00000361. The van der Waals surface area contributed by atoms with E-state index in [0.717, 1.165) is 6.07 Å². The molecule has 0 radical (unpaired) electrons. The van der Waals surface area contributed by atoms with Crippen LogP contribution in [0.3, 0.4) is 0 Å². The van der Waals surface area contributed by atoms with Crippen LogP contribution >= 0.6 is 0 Å². The van der Waals surface area contributed by atoms with Gasteiger partial charge in [-0.3, -0.25) is 14.9 Å². The third-order valence-corrected chi connectivity index (χ3v) is 2.54. The molecular weight excluding hydrogens is 275 g/mol. The zero-order valence-corrected chi connectivity index (χ0v) is 13.5. The van der Waals surface area contributed by atoms with Gasteiger partial charge >= 0.3 is 35.5 Å². The van der Waals surface area contributed by atoms with Crippen molar-refractivity contribution >= 4 is 17.6 Å². The number of carbonyl (C=O) groups excluding carboxylic acids is 1. The van der Waals surface area contributed by atoms with E-state index in [0.29, 0.717) is 0 Å². The second-order valence-electron chi connectivity index (χ2n) is 4.34. The van der Waals surface area contributed by atoms with Crippen molar-refractivity contribution in [1.29, 1.82) is 0 Å². The van der Waals surface area contributed by atoms with Gasteiger partial charge in [-0.25, -0.2) is 4.79 Å². The summed E-state index contributed by atoms with van der Waals surface area (Å²) in [5, 5.41) is 21.9. The summed E-state index contributed by atoms with van der Waals surface area (Å²) in [6, 6.07) is 4.09. The van der Waals surface area contributed by atoms with Crippen LogP contribution in [0.1, 0.15) is 24.2 Å². The molecule has 1 amide bonds. The average Bonchev–Trinajstić information content (AvgIpc) is 2.34. The molecule has 0 heterocycles. The number of non-ortho nitro benzene ring substituents is 1. The Bertz CT molecular complexity index is 518. The number of hydrogen-bond acceptors (Lipinski definition) is 4. The average molecular weight is 289 g/mol. The van der Waals surface area contributed by atoms with Crippen molar-refractivity contribution in [3.05, 3.63) is 39.9 Å². The number of nitro groups is 1. The van der Waals surface area contributed by atoms with Crippen molar-refractivity contribution in [2.45, 2.75) is 19.9 Å². The van der Waals surface area contributed by atoms with Crippen molar-refractivity contribution < 1.29 is 49.2 Å². The van der Waals surface area contributed by atoms with Crippen molar-refractivity contribution in [2.75, 3.05) is 0 Å². The number of carboxylic acid groups (broad SMARTS) is 1. The second kappa shape index (κ2) is 7.98. The van der Waals surface area contributed by atoms with E-state index in [9.17, 15) is 19.7 Å². The summed E-state index contributed by atoms with van der Waals surface area (Å²) in [4.78, 5) is 32.8. The van der Waals surface area contributed by atoms with Gasteiger partial charge in [-0.2, -0.15) is 0 Å². The second-order valence-corrected chi connectivity index (χ2v) is 4.34. The van der Waals surface area contributed by atoms with Crippen molar-refractivity contribution in [3.63, 3.8) is 0 Å². The Kier molecular flexibility index (Phi) is 7.41. The van der Waals surface area contributed by atoms with Crippen molar-refractivity contribution in [2.24, 2.45) is 5.92 Å². The van der Waals surface area contributed by atoms with Crippen LogP contribution in [-0.4, -0.2) is 27.9 Å². The van der Waals surface area contributed by atoms with Crippen LogP contribution < -0.4 is 34.9 Å². The largest absolute Gasteiger partial charge is 1.00 e. The van der Waals surface area contributed by atoms with Gasteiger partial charge in [-0.05, 0) is 12.0 Å². The molecule has 0 saturated heterocycles. The van der Waals surface area contributed by atoms with Gasteiger partial charge in [0.05, 0.1) is 4.92 Å². The van der Waals surface area contributed by atoms with E-state index in [2.05, 4.69) is 5.32 Å². The molecule has 0 bridgehead atoms. The Morgan fingerprint density at radius 1 is 1.35 bits per heavy atom. The topological polar surface area (TPSA) is 110 Å². The van der Waals surface area contributed by atoms with Crippen LogP contribution in [0.15, 0.2) is 24.3 Å². The van der Waals surface area contributed by atoms with Gasteiger partial charge in [0.25, 0.3) is 11.6 Å². The standard InChI is InChI=1S/C12H14N2O5.Na/c1-7(2)10(12(16)17)13-11(15)8-4-3-5-9(6-8)14(18)19;/h3-7,10H,1-2H3,(H,13,15)(H,16,17);/q;+1. The molecule has 1 rings (SSSR count). The number of carbonyl (C=O) groups is 2. The molecule has 0 aromatic heterocycles. The van der Waals surface area contributed by atoms with Gasteiger partial charge in [0.15, 0.2) is 0 Å². The molecule has 0 fully saturated rings. The van der Waals surface area contributed by atoms with Crippen LogP contribution in [0.2, 0.25) is 0 Å². The zero-order valence-electron chi connectivity index (χ0n) is 11.5. The van der Waals surface area contributed by atoms with E-state index in [4.69, 9.17) is 5.11 Å². The molecule has 1 atom stereocenters. The van der Waals surface area contributed by atoms with Crippen LogP contribution in [0.25, 0.3) is 0 Å². The van der Waals surface area contributed by atoms with E-state index in [1.165, 1.54) is 18.2 Å². The SMILES string of the molecule is CC(C)C(NC(=O)c1cccc([N+](=O)[O-])c1)C(=O)O.[Na+]. The van der Waals surface area contributed by atoms with Gasteiger partial charge in [0.1, 0.15) is 6.04 Å². The van der Waals surface area contributed by atoms with E-state index in [1.54, 1.807) is 13.8 Å². The maximum atomic E-state index is 11.8. The maximum Gasteiger partial charge on any atom is 1.00 e. The number of amides is 1. The third-order valence-electron chi connectivity index (χ3n) is 2.54. The summed E-state index contributed by atoms with van der Waals surface area (Å²) in [5.41, 5.74) is -0.162. The molecule has 102 valence electrons. The van der Waals surface area contributed by atoms with E-state index < -0.39 is 22.8 Å². The fraction of sp³-hybridized carbons (Fsp3) is 0.333. The van der Waals surface area contributed by atoms with Gasteiger partial charge in [-0.15, -0.1) is 0 Å². The minimum absolute atomic E-state index is 0.